The Morgan fingerprint density at radius 1 is 1.06 bits per heavy atom. The van der Waals surface area contributed by atoms with E-state index in [0.29, 0.717) is 10.6 Å². The van der Waals surface area contributed by atoms with Gasteiger partial charge in [-0.3, -0.25) is 9.59 Å². The molecule has 0 radical (unpaired) electrons. The smallest absolute Gasteiger partial charge is 0.255 e. The van der Waals surface area contributed by atoms with E-state index in [2.05, 4.69) is 15.3 Å². The summed E-state index contributed by atoms with van der Waals surface area (Å²) in [5, 5.41) is 8.12. The third-order valence-electron chi connectivity index (χ3n) is 5.97. The van der Waals surface area contributed by atoms with Gasteiger partial charge in [0, 0.05) is 24.6 Å². The molecular formula is C24H26ClN5O2. The molecule has 32 heavy (non-hydrogen) atoms. The van der Waals surface area contributed by atoms with Crippen LogP contribution >= 0.6 is 11.6 Å². The Morgan fingerprint density at radius 2 is 1.72 bits per heavy atom. The fourth-order valence-electron chi connectivity index (χ4n) is 4.08. The molecule has 3 N–H and O–H groups in total. The van der Waals surface area contributed by atoms with Gasteiger partial charge in [0.05, 0.1) is 33.5 Å². The molecule has 1 aliphatic heterocycles. The average molecular weight is 452 g/mol. The quantitative estimate of drug-likeness (QED) is 0.610. The van der Waals surface area contributed by atoms with Crippen LogP contribution < -0.4 is 16.0 Å². The van der Waals surface area contributed by atoms with Crippen molar-refractivity contribution in [2.45, 2.75) is 26.7 Å². The van der Waals surface area contributed by atoms with Gasteiger partial charge in [0.2, 0.25) is 5.91 Å². The maximum Gasteiger partial charge on any atom is 0.255 e. The van der Waals surface area contributed by atoms with Crippen LogP contribution in [0.2, 0.25) is 5.02 Å². The van der Waals surface area contributed by atoms with Gasteiger partial charge in [0.1, 0.15) is 0 Å². The second-order valence-corrected chi connectivity index (χ2v) is 8.46. The van der Waals surface area contributed by atoms with E-state index in [1.807, 2.05) is 50.2 Å². The van der Waals surface area contributed by atoms with Crippen LogP contribution in [0.1, 0.15) is 34.6 Å². The number of carbonyl (C=O) groups excluding carboxylic acids is 2. The number of amides is 2. The number of hydrogen-bond acceptors (Lipinski definition) is 4. The summed E-state index contributed by atoms with van der Waals surface area (Å²) >= 11 is 6.25. The third-order valence-corrected chi connectivity index (χ3v) is 6.51. The number of para-hydroxylation sites is 2. The summed E-state index contributed by atoms with van der Waals surface area (Å²) in [6.45, 7) is 5.22. The molecule has 4 rings (SSSR count). The number of nitrogens with one attached hydrogen (secondary N) is 1. The van der Waals surface area contributed by atoms with Gasteiger partial charge in [-0.25, -0.2) is 4.68 Å². The van der Waals surface area contributed by atoms with Crippen molar-refractivity contribution in [3.05, 3.63) is 70.5 Å². The molecule has 0 aliphatic carbocycles. The predicted molar refractivity (Wildman–Crippen MR) is 127 cm³/mol. The van der Waals surface area contributed by atoms with Crippen LogP contribution in [0, 0.1) is 19.8 Å². The molecule has 1 saturated heterocycles. The summed E-state index contributed by atoms with van der Waals surface area (Å²) in [5.41, 5.74) is 10.1. The summed E-state index contributed by atoms with van der Waals surface area (Å²) in [6.07, 6.45) is 1.44. The van der Waals surface area contributed by atoms with Crippen LogP contribution in [0.4, 0.5) is 11.4 Å². The number of carbonyl (C=O) groups is 2. The second kappa shape index (κ2) is 9.04. The largest absolute Gasteiger partial charge is 0.370 e. The van der Waals surface area contributed by atoms with Crippen molar-refractivity contribution in [2.75, 3.05) is 23.3 Å². The van der Waals surface area contributed by atoms with Gasteiger partial charge in [0.25, 0.3) is 5.91 Å². The van der Waals surface area contributed by atoms with E-state index >= 15 is 0 Å². The van der Waals surface area contributed by atoms with Crippen LogP contribution in [0.15, 0.2) is 48.5 Å². The third kappa shape index (κ3) is 4.34. The highest BCUT2D eigenvalue weighted by atomic mass is 35.5. The monoisotopic (exact) mass is 451 g/mol. The molecular weight excluding hydrogens is 426 g/mol. The lowest BCUT2D eigenvalue weighted by Crippen LogP contribution is -2.38. The Balaban J connectivity index is 1.49. The van der Waals surface area contributed by atoms with Crippen LogP contribution in [0.25, 0.3) is 5.69 Å². The molecule has 1 aliphatic rings. The minimum Gasteiger partial charge on any atom is -0.370 e. The highest BCUT2D eigenvalue weighted by Crippen LogP contribution is 2.30. The summed E-state index contributed by atoms with van der Waals surface area (Å²) in [5.74, 6) is -0.511. The first kappa shape index (κ1) is 21.9. The molecule has 0 unspecified atom stereocenters. The van der Waals surface area contributed by atoms with E-state index in [1.54, 1.807) is 16.8 Å². The second-order valence-electron chi connectivity index (χ2n) is 8.08. The zero-order chi connectivity index (χ0) is 22.8. The number of aryl methyl sites for hydroxylation is 1. The molecule has 0 saturated carbocycles. The zero-order valence-electron chi connectivity index (χ0n) is 18.1. The molecule has 0 atom stereocenters. The van der Waals surface area contributed by atoms with Gasteiger partial charge in [-0.15, -0.1) is 0 Å². The fourth-order valence-corrected chi connectivity index (χ4v) is 4.20. The van der Waals surface area contributed by atoms with Crippen molar-refractivity contribution in [3.63, 3.8) is 0 Å². The highest BCUT2D eigenvalue weighted by Gasteiger charge is 2.24. The number of piperidine rings is 1. The van der Waals surface area contributed by atoms with Crippen molar-refractivity contribution >= 4 is 34.8 Å². The summed E-state index contributed by atoms with van der Waals surface area (Å²) in [4.78, 5) is 26.6. The average Bonchev–Trinajstić information content (AvgIpc) is 3.07. The Bertz CT molecular complexity index is 1150. The molecule has 166 valence electrons. The maximum atomic E-state index is 12.9. The molecule has 3 aromatic rings. The predicted octanol–water partition coefficient (Wildman–Crippen LogP) is 4.10. The number of primary amides is 1. The first-order valence-electron chi connectivity index (χ1n) is 10.6. The summed E-state index contributed by atoms with van der Waals surface area (Å²) in [7, 11) is 0. The van der Waals surface area contributed by atoms with Gasteiger partial charge >= 0.3 is 0 Å². The zero-order valence-corrected chi connectivity index (χ0v) is 18.9. The van der Waals surface area contributed by atoms with E-state index in [0.717, 1.165) is 54.4 Å². The van der Waals surface area contributed by atoms with Crippen LogP contribution in [-0.2, 0) is 4.79 Å². The number of halogens is 1. The number of aromatic nitrogens is 2. The number of nitrogens with two attached hydrogens (primary N) is 1. The van der Waals surface area contributed by atoms with Gasteiger partial charge in [-0.1, -0.05) is 23.7 Å². The lowest BCUT2D eigenvalue weighted by Gasteiger charge is -2.33. The molecule has 0 spiro atoms. The summed E-state index contributed by atoms with van der Waals surface area (Å²) < 4.78 is 1.77. The van der Waals surface area contributed by atoms with E-state index in [4.69, 9.17) is 17.3 Å². The van der Waals surface area contributed by atoms with Crippen molar-refractivity contribution in [3.8, 4) is 5.69 Å². The van der Waals surface area contributed by atoms with Gasteiger partial charge in [0.15, 0.2) is 0 Å². The highest BCUT2D eigenvalue weighted by molar-refractivity contribution is 6.31. The summed E-state index contributed by atoms with van der Waals surface area (Å²) in [6, 6.07) is 15.0. The molecule has 0 bridgehead atoms. The lowest BCUT2D eigenvalue weighted by molar-refractivity contribution is -0.122. The number of nitrogens with zero attached hydrogens (tertiary/aromatic N) is 3. The van der Waals surface area contributed by atoms with Gasteiger partial charge in [-0.05, 0) is 63.1 Å². The van der Waals surface area contributed by atoms with Gasteiger partial charge in [-0.2, -0.15) is 5.10 Å². The van der Waals surface area contributed by atoms with E-state index in [9.17, 15) is 9.59 Å². The number of hydrogen-bond donors (Lipinski definition) is 2. The molecule has 2 amide bonds. The van der Waals surface area contributed by atoms with Crippen molar-refractivity contribution in [1.82, 2.24) is 9.78 Å². The minimum absolute atomic E-state index is 0.0800. The molecule has 2 aromatic carbocycles. The molecule has 2 heterocycles. The van der Waals surface area contributed by atoms with Crippen LogP contribution in [0.3, 0.4) is 0 Å². The Hall–Kier alpha value is -3.32. The number of rotatable bonds is 5. The van der Waals surface area contributed by atoms with Crippen LogP contribution in [-0.4, -0.2) is 34.7 Å². The Morgan fingerprint density at radius 3 is 2.31 bits per heavy atom. The molecule has 1 aromatic heterocycles. The van der Waals surface area contributed by atoms with E-state index in [1.165, 1.54) is 0 Å². The molecule has 7 nitrogen and oxygen atoms in total. The molecule has 1 fully saturated rings. The number of anilines is 2. The molecule has 8 heteroatoms. The Labute approximate surface area is 192 Å². The van der Waals surface area contributed by atoms with Crippen molar-refractivity contribution < 1.29 is 9.59 Å². The Kier molecular flexibility index (Phi) is 6.19. The maximum absolute atomic E-state index is 12.9. The topological polar surface area (TPSA) is 93.2 Å². The van der Waals surface area contributed by atoms with E-state index < -0.39 is 0 Å². The SMILES string of the molecule is Cc1nn(-c2ccc(C(=O)Nc3ccccc3N3CCC(C(N)=O)CC3)cc2)c(C)c1Cl. The number of benzene rings is 2. The fraction of sp³-hybridized carbons (Fsp3) is 0.292. The van der Waals surface area contributed by atoms with Gasteiger partial charge < -0.3 is 16.0 Å². The minimum atomic E-state index is -0.238. The van der Waals surface area contributed by atoms with Crippen molar-refractivity contribution in [2.24, 2.45) is 11.7 Å². The standard InChI is InChI=1S/C24H26ClN5O2/c1-15-22(25)16(2)30(28-15)19-9-7-18(8-10-19)24(32)27-20-5-3-4-6-21(20)29-13-11-17(12-14-29)23(26)31/h3-10,17H,11-14H2,1-2H3,(H2,26,31)(H,27,32). The normalized spacial score (nSPS) is 14.4. The van der Waals surface area contributed by atoms with Crippen LogP contribution in [0.5, 0.6) is 0 Å². The van der Waals surface area contributed by atoms with Crippen molar-refractivity contribution in [1.29, 1.82) is 0 Å². The first-order chi connectivity index (χ1) is 15.3. The van der Waals surface area contributed by atoms with E-state index in [-0.39, 0.29) is 17.7 Å². The first-order valence-corrected chi connectivity index (χ1v) is 11.0. The lowest BCUT2D eigenvalue weighted by atomic mass is 9.96.